The number of benzene rings is 1. The molecule has 0 aliphatic carbocycles. The van der Waals surface area contributed by atoms with Gasteiger partial charge in [0, 0.05) is 12.5 Å². The van der Waals surface area contributed by atoms with Crippen molar-refractivity contribution in [2.75, 3.05) is 6.61 Å². The van der Waals surface area contributed by atoms with Gasteiger partial charge in [0.1, 0.15) is 5.75 Å². The molecule has 2 N–H and O–H groups in total. The van der Waals surface area contributed by atoms with Crippen molar-refractivity contribution in [3.8, 4) is 18.1 Å². The smallest absolute Gasteiger partial charge is 0.131 e. The Bertz CT molecular complexity index is 336. The number of phenolic OH excluding ortho intramolecular Hbond substituents is 1. The van der Waals surface area contributed by atoms with Gasteiger partial charge in [0.05, 0.1) is 5.56 Å². The molecule has 0 aromatic heterocycles. The Kier molecular flexibility index (Phi) is 2.94. The Hall–Kier alpha value is -1.46. The van der Waals surface area contributed by atoms with Crippen LogP contribution in [0.2, 0.25) is 0 Å². The van der Waals surface area contributed by atoms with E-state index in [4.69, 9.17) is 11.5 Å². The second-order valence-corrected chi connectivity index (χ2v) is 2.97. The van der Waals surface area contributed by atoms with Crippen molar-refractivity contribution in [2.24, 2.45) is 0 Å². The molecule has 1 aromatic rings. The van der Waals surface area contributed by atoms with Gasteiger partial charge in [-0.1, -0.05) is 25.0 Å². The molecule has 2 nitrogen and oxygen atoms in total. The maximum Gasteiger partial charge on any atom is 0.131 e. The normalized spacial score (nSPS) is 12.1. The van der Waals surface area contributed by atoms with Crippen LogP contribution < -0.4 is 0 Å². The first kappa shape index (κ1) is 9.63. The number of rotatable bonds is 2. The highest BCUT2D eigenvalue weighted by atomic mass is 16.3. The Labute approximate surface area is 77.8 Å². The predicted octanol–water partition coefficient (Wildman–Crippen LogP) is 1.47. The molecule has 0 heterocycles. The highest BCUT2D eigenvalue weighted by Crippen LogP contribution is 2.25. The fraction of sp³-hybridized carbons (Fsp3) is 0.273. The number of aliphatic hydroxyl groups is 1. The largest absolute Gasteiger partial charge is 0.507 e. The molecule has 0 radical (unpaired) electrons. The average Bonchev–Trinajstić information content (AvgIpc) is 2.16. The number of hydrogen-bond acceptors (Lipinski definition) is 2. The van der Waals surface area contributed by atoms with Gasteiger partial charge in [-0.25, -0.2) is 0 Å². The van der Waals surface area contributed by atoms with Crippen LogP contribution in [0.5, 0.6) is 5.75 Å². The molecular weight excluding hydrogens is 164 g/mol. The fourth-order valence-electron chi connectivity index (χ4n) is 1.22. The molecule has 0 saturated carbocycles. The number of aliphatic hydroxyl groups excluding tert-OH is 1. The van der Waals surface area contributed by atoms with E-state index in [2.05, 4.69) is 5.92 Å². The second-order valence-electron chi connectivity index (χ2n) is 2.97. The lowest BCUT2D eigenvalue weighted by atomic mass is 9.96. The molecule has 0 bridgehead atoms. The predicted molar refractivity (Wildman–Crippen MR) is 51.5 cm³/mol. The quantitative estimate of drug-likeness (QED) is 0.670. The summed E-state index contributed by atoms with van der Waals surface area (Å²) in [4.78, 5) is 0. The van der Waals surface area contributed by atoms with Crippen LogP contribution in [0, 0.1) is 12.3 Å². The Balaban J connectivity index is 3.22. The van der Waals surface area contributed by atoms with Crippen molar-refractivity contribution >= 4 is 0 Å². The summed E-state index contributed by atoms with van der Waals surface area (Å²) < 4.78 is 0. The van der Waals surface area contributed by atoms with E-state index in [0.29, 0.717) is 5.56 Å². The Morgan fingerprint density at radius 2 is 2.23 bits per heavy atom. The summed E-state index contributed by atoms with van der Waals surface area (Å²) >= 11 is 0. The molecule has 1 rings (SSSR count). The van der Waals surface area contributed by atoms with Crippen LogP contribution in [-0.4, -0.2) is 16.8 Å². The van der Waals surface area contributed by atoms with Gasteiger partial charge in [0.25, 0.3) is 0 Å². The van der Waals surface area contributed by atoms with Crippen molar-refractivity contribution in [2.45, 2.75) is 12.8 Å². The number of terminal acetylenes is 1. The lowest BCUT2D eigenvalue weighted by Crippen LogP contribution is -2.01. The van der Waals surface area contributed by atoms with E-state index in [1.54, 1.807) is 12.1 Å². The number of hydrogen-bond donors (Lipinski definition) is 2. The van der Waals surface area contributed by atoms with Crippen LogP contribution in [0.1, 0.15) is 24.0 Å². The lowest BCUT2D eigenvalue weighted by Gasteiger charge is -2.11. The summed E-state index contributed by atoms with van der Waals surface area (Å²) in [5.74, 6) is 2.47. The summed E-state index contributed by atoms with van der Waals surface area (Å²) in [5, 5.41) is 18.4. The molecule has 0 spiro atoms. The van der Waals surface area contributed by atoms with Gasteiger partial charge in [0.2, 0.25) is 0 Å². The topological polar surface area (TPSA) is 40.5 Å². The molecule has 0 saturated heterocycles. The third-order valence-electron chi connectivity index (χ3n) is 2.02. The highest BCUT2D eigenvalue weighted by Gasteiger charge is 2.10. The number of phenols is 1. The average molecular weight is 176 g/mol. The molecule has 0 fully saturated rings. The molecule has 13 heavy (non-hydrogen) atoms. The summed E-state index contributed by atoms with van der Waals surface area (Å²) in [6.07, 6.45) is 5.25. The molecule has 2 heteroatoms. The van der Waals surface area contributed by atoms with Crippen molar-refractivity contribution in [3.05, 3.63) is 29.3 Å². The van der Waals surface area contributed by atoms with Gasteiger partial charge in [-0.05, 0) is 11.6 Å². The zero-order valence-electron chi connectivity index (χ0n) is 7.49. The zero-order valence-corrected chi connectivity index (χ0v) is 7.49. The van der Waals surface area contributed by atoms with E-state index in [9.17, 15) is 5.11 Å². The molecule has 0 aliphatic rings. The Morgan fingerprint density at radius 3 is 2.77 bits per heavy atom. The fourth-order valence-corrected chi connectivity index (χ4v) is 1.22. The van der Waals surface area contributed by atoms with E-state index in [0.717, 1.165) is 5.56 Å². The highest BCUT2D eigenvalue weighted by molar-refractivity contribution is 5.50. The van der Waals surface area contributed by atoms with E-state index >= 15 is 0 Å². The second kappa shape index (κ2) is 3.97. The van der Waals surface area contributed by atoms with Gasteiger partial charge in [-0.3, -0.25) is 0 Å². The van der Waals surface area contributed by atoms with Gasteiger partial charge in [0.15, 0.2) is 0 Å². The summed E-state index contributed by atoms with van der Waals surface area (Å²) in [5.41, 5.74) is 1.29. The van der Waals surface area contributed by atoms with E-state index in [1.807, 2.05) is 13.0 Å². The van der Waals surface area contributed by atoms with Crippen LogP contribution >= 0.6 is 0 Å². The van der Waals surface area contributed by atoms with Crippen molar-refractivity contribution in [1.82, 2.24) is 0 Å². The van der Waals surface area contributed by atoms with Crippen LogP contribution in [0.3, 0.4) is 0 Å². The van der Waals surface area contributed by atoms with Crippen LogP contribution in [0.4, 0.5) is 0 Å². The standard InChI is InChI=1S/C11H12O2/c1-3-9-10(8(2)7-12)5-4-6-11(9)13/h1,4-6,8,12-13H,7H2,2H3. The van der Waals surface area contributed by atoms with E-state index in [1.165, 1.54) is 0 Å². The molecule has 0 amide bonds. The minimum atomic E-state index is -0.0434. The lowest BCUT2D eigenvalue weighted by molar-refractivity contribution is 0.272. The minimum absolute atomic E-state index is 0.0259. The maximum absolute atomic E-state index is 9.41. The van der Waals surface area contributed by atoms with Gasteiger partial charge in [-0.2, -0.15) is 0 Å². The van der Waals surface area contributed by atoms with E-state index < -0.39 is 0 Å². The summed E-state index contributed by atoms with van der Waals surface area (Å²) in [7, 11) is 0. The summed E-state index contributed by atoms with van der Waals surface area (Å²) in [6.45, 7) is 1.88. The van der Waals surface area contributed by atoms with Crippen molar-refractivity contribution in [3.63, 3.8) is 0 Å². The maximum atomic E-state index is 9.41. The molecular formula is C11H12O2. The Morgan fingerprint density at radius 1 is 1.54 bits per heavy atom. The van der Waals surface area contributed by atoms with Gasteiger partial charge < -0.3 is 10.2 Å². The molecule has 68 valence electrons. The van der Waals surface area contributed by atoms with Crippen LogP contribution in [-0.2, 0) is 0 Å². The first-order valence-electron chi connectivity index (χ1n) is 4.10. The zero-order chi connectivity index (χ0) is 9.84. The first-order valence-corrected chi connectivity index (χ1v) is 4.10. The third kappa shape index (κ3) is 1.82. The minimum Gasteiger partial charge on any atom is -0.507 e. The van der Waals surface area contributed by atoms with Gasteiger partial charge >= 0.3 is 0 Å². The van der Waals surface area contributed by atoms with Crippen LogP contribution in [0.15, 0.2) is 18.2 Å². The van der Waals surface area contributed by atoms with Crippen molar-refractivity contribution < 1.29 is 10.2 Å². The van der Waals surface area contributed by atoms with Crippen LogP contribution in [0.25, 0.3) is 0 Å². The van der Waals surface area contributed by atoms with Crippen molar-refractivity contribution in [1.29, 1.82) is 0 Å². The first-order chi connectivity index (χ1) is 6.20. The monoisotopic (exact) mass is 176 g/mol. The van der Waals surface area contributed by atoms with Gasteiger partial charge in [-0.15, -0.1) is 6.42 Å². The SMILES string of the molecule is C#Cc1c(O)cccc1C(C)CO. The number of aromatic hydroxyl groups is 1. The summed E-state index contributed by atoms with van der Waals surface area (Å²) in [6, 6.07) is 5.08. The molecule has 1 atom stereocenters. The molecule has 1 aromatic carbocycles. The third-order valence-corrected chi connectivity index (χ3v) is 2.02. The van der Waals surface area contributed by atoms with E-state index in [-0.39, 0.29) is 18.3 Å². The molecule has 1 unspecified atom stereocenters. The molecule has 0 aliphatic heterocycles.